The van der Waals surface area contributed by atoms with E-state index < -0.39 is 6.10 Å². The SMILES string of the molecule is CCn1cc(CCC(=O)NCC(O)CN(C)C)c(C)n1. The Bertz CT molecular complexity index is 429. The number of aryl methyl sites for hydroxylation is 3. The molecule has 6 heteroatoms. The van der Waals surface area contributed by atoms with Crippen molar-refractivity contribution in [3.05, 3.63) is 17.5 Å². The zero-order valence-corrected chi connectivity index (χ0v) is 12.9. The second-order valence-corrected chi connectivity index (χ2v) is 5.32. The molecule has 6 nitrogen and oxygen atoms in total. The number of hydrogen-bond acceptors (Lipinski definition) is 4. The third kappa shape index (κ3) is 5.71. The highest BCUT2D eigenvalue weighted by Gasteiger charge is 2.10. The fraction of sp³-hybridized carbons (Fsp3) is 0.714. The van der Waals surface area contributed by atoms with Gasteiger partial charge in [-0.3, -0.25) is 9.48 Å². The molecule has 0 saturated heterocycles. The molecule has 1 atom stereocenters. The Balaban J connectivity index is 2.30. The van der Waals surface area contributed by atoms with Gasteiger partial charge in [0.05, 0.1) is 11.8 Å². The molecule has 114 valence electrons. The van der Waals surface area contributed by atoms with Gasteiger partial charge in [0.15, 0.2) is 0 Å². The van der Waals surface area contributed by atoms with Gasteiger partial charge in [-0.25, -0.2) is 0 Å². The van der Waals surface area contributed by atoms with Crippen molar-refractivity contribution in [3.8, 4) is 0 Å². The Labute approximate surface area is 120 Å². The minimum atomic E-state index is -0.529. The molecule has 0 saturated carbocycles. The highest BCUT2D eigenvalue weighted by atomic mass is 16.3. The summed E-state index contributed by atoms with van der Waals surface area (Å²) < 4.78 is 1.88. The monoisotopic (exact) mass is 282 g/mol. The van der Waals surface area contributed by atoms with Gasteiger partial charge in [-0.15, -0.1) is 0 Å². The van der Waals surface area contributed by atoms with E-state index in [1.165, 1.54) is 0 Å². The van der Waals surface area contributed by atoms with Crippen molar-refractivity contribution in [1.29, 1.82) is 0 Å². The molecule has 0 radical (unpaired) electrons. The van der Waals surface area contributed by atoms with E-state index in [0.717, 1.165) is 17.8 Å². The molecule has 0 fully saturated rings. The fourth-order valence-corrected chi connectivity index (χ4v) is 2.02. The van der Waals surface area contributed by atoms with Crippen molar-refractivity contribution in [2.45, 2.75) is 39.3 Å². The summed E-state index contributed by atoms with van der Waals surface area (Å²) in [4.78, 5) is 13.6. The van der Waals surface area contributed by atoms with Crippen LogP contribution in [0.15, 0.2) is 6.20 Å². The number of aliphatic hydroxyl groups excluding tert-OH is 1. The zero-order valence-electron chi connectivity index (χ0n) is 12.9. The van der Waals surface area contributed by atoms with E-state index in [1.807, 2.05) is 43.7 Å². The first-order valence-electron chi connectivity index (χ1n) is 7.04. The predicted octanol–water partition coefficient (Wildman–Crippen LogP) is 0.183. The summed E-state index contributed by atoms with van der Waals surface area (Å²) in [7, 11) is 3.78. The van der Waals surface area contributed by atoms with Crippen molar-refractivity contribution >= 4 is 5.91 Å². The van der Waals surface area contributed by atoms with E-state index in [4.69, 9.17) is 0 Å². The highest BCUT2D eigenvalue weighted by Crippen LogP contribution is 2.08. The second-order valence-electron chi connectivity index (χ2n) is 5.32. The second kappa shape index (κ2) is 8.01. The lowest BCUT2D eigenvalue weighted by atomic mass is 10.1. The Morgan fingerprint density at radius 2 is 2.25 bits per heavy atom. The average molecular weight is 282 g/mol. The Morgan fingerprint density at radius 3 is 2.80 bits per heavy atom. The summed E-state index contributed by atoms with van der Waals surface area (Å²) in [6, 6.07) is 0. The lowest BCUT2D eigenvalue weighted by molar-refractivity contribution is -0.121. The Hall–Kier alpha value is -1.40. The lowest BCUT2D eigenvalue weighted by Gasteiger charge is -2.16. The first kappa shape index (κ1) is 16.7. The summed E-state index contributed by atoms with van der Waals surface area (Å²) in [6.07, 6.45) is 2.56. The van der Waals surface area contributed by atoms with Crippen LogP contribution in [-0.2, 0) is 17.8 Å². The van der Waals surface area contributed by atoms with Gasteiger partial charge in [0.1, 0.15) is 0 Å². The van der Waals surface area contributed by atoms with Gasteiger partial charge in [0, 0.05) is 32.3 Å². The van der Waals surface area contributed by atoms with E-state index >= 15 is 0 Å². The highest BCUT2D eigenvalue weighted by molar-refractivity contribution is 5.76. The molecule has 1 heterocycles. The van der Waals surface area contributed by atoms with Crippen LogP contribution in [0.5, 0.6) is 0 Å². The van der Waals surface area contributed by atoms with E-state index in [2.05, 4.69) is 10.4 Å². The number of amides is 1. The molecule has 1 aromatic rings. The van der Waals surface area contributed by atoms with Crippen LogP contribution in [0.3, 0.4) is 0 Å². The van der Waals surface area contributed by atoms with E-state index in [9.17, 15) is 9.90 Å². The van der Waals surface area contributed by atoms with Crippen molar-refractivity contribution in [3.63, 3.8) is 0 Å². The molecule has 1 rings (SSSR count). The van der Waals surface area contributed by atoms with Crippen LogP contribution in [0, 0.1) is 6.92 Å². The van der Waals surface area contributed by atoms with Gasteiger partial charge in [0.25, 0.3) is 0 Å². The number of aromatic nitrogens is 2. The molecular weight excluding hydrogens is 256 g/mol. The minimum absolute atomic E-state index is 0.0357. The summed E-state index contributed by atoms with van der Waals surface area (Å²) in [6.45, 7) is 5.67. The topological polar surface area (TPSA) is 70.4 Å². The van der Waals surface area contributed by atoms with Crippen LogP contribution in [0.2, 0.25) is 0 Å². The maximum Gasteiger partial charge on any atom is 0.220 e. The predicted molar refractivity (Wildman–Crippen MR) is 78.5 cm³/mol. The molecular formula is C14H26N4O2. The summed E-state index contributed by atoms with van der Waals surface area (Å²) in [5, 5.41) is 16.8. The first-order valence-corrected chi connectivity index (χ1v) is 7.04. The van der Waals surface area contributed by atoms with Crippen LogP contribution in [0.1, 0.15) is 24.6 Å². The lowest BCUT2D eigenvalue weighted by Crippen LogP contribution is -2.37. The van der Waals surface area contributed by atoms with Crippen LogP contribution in [0.25, 0.3) is 0 Å². The number of nitrogens with one attached hydrogen (secondary N) is 1. The minimum Gasteiger partial charge on any atom is -0.390 e. The van der Waals surface area contributed by atoms with Gasteiger partial charge < -0.3 is 15.3 Å². The number of rotatable bonds is 8. The quantitative estimate of drug-likeness (QED) is 0.714. The first-order chi connectivity index (χ1) is 9.42. The van der Waals surface area contributed by atoms with Crippen LogP contribution >= 0.6 is 0 Å². The third-order valence-corrected chi connectivity index (χ3v) is 3.10. The fourth-order valence-electron chi connectivity index (χ4n) is 2.02. The number of carbonyl (C=O) groups is 1. The van der Waals surface area contributed by atoms with E-state index in [1.54, 1.807) is 0 Å². The van der Waals surface area contributed by atoms with Crippen LogP contribution in [0.4, 0.5) is 0 Å². The van der Waals surface area contributed by atoms with Crippen LogP contribution in [-0.4, -0.2) is 59.0 Å². The van der Waals surface area contributed by atoms with Crippen molar-refractivity contribution in [2.75, 3.05) is 27.2 Å². The largest absolute Gasteiger partial charge is 0.390 e. The Kier molecular flexibility index (Phi) is 6.67. The van der Waals surface area contributed by atoms with Gasteiger partial charge in [-0.1, -0.05) is 0 Å². The number of nitrogens with zero attached hydrogens (tertiary/aromatic N) is 3. The summed E-state index contributed by atoms with van der Waals surface area (Å²) >= 11 is 0. The smallest absolute Gasteiger partial charge is 0.220 e. The number of likely N-dealkylation sites (N-methyl/N-ethyl adjacent to an activating group) is 1. The third-order valence-electron chi connectivity index (χ3n) is 3.10. The summed E-state index contributed by atoms with van der Waals surface area (Å²) in [5.41, 5.74) is 2.09. The van der Waals surface area contributed by atoms with Gasteiger partial charge >= 0.3 is 0 Å². The molecule has 1 amide bonds. The molecule has 1 unspecified atom stereocenters. The molecule has 0 bridgehead atoms. The molecule has 0 aromatic carbocycles. The number of aliphatic hydroxyl groups is 1. The number of carbonyl (C=O) groups excluding carboxylic acids is 1. The standard InChI is InChI=1S/C14H26N4O2/c1-5-18-9-12(11(2)16-18)6-7-14(20)15-8-13(19)10-17(3)4/h9,13,19H,5-8,10H2,1-4H3,(H,15,20). The van der Waals surface area contributed by atoms with Gasteiger partial charge in [-0.05, 0) is 39.9 Å². The van der Waals surface area contributed by atoms with Crippen molar-refractivity contribution < 1.29 is 9.90 Å². The van der Waals surface area contributed by atoms with Gasteiger partial charge in [0.2, 0.25) is 5.91 Å². The molecule has 2 N–H and O–H groups in total. The molecule has 1 aromatic heterocycles. The Morgan fingerprint density at radius 1 is 1.55 bits per heavy atom. The molecule has 0 aliphatic heterocycles. The molecule has 0 spiro atoms. The van der Waals surface area contributed by atoms with Gasteiger partial charge in [-0.2, -0.15) is 5.10 Å². The normalized spacial score (nSPS) is 12.7. The van der Waals surface area contributed by atoms with Crippen LogP contribution < -0.4 is 5.32 Å². The van der Waals surface area contributed by atoms with Crippen molar-refractivity contribution in [1.82, 2.24) is 20.0 Å². The summed E-state index contributed by atoms with van der Waals surface area (Å²) in [5.74, 6) is -0.0357. The average Bonchev–Trinajstić information content (AvgIpc) is 2.74. The number of hydrogen-bond donors (Lipinski definition) is 2. The molecule has 20 heavy (non-hydrogen) atoms. The zero-order chi connectivity index (χ0) is 15.1. The maximum atomic E-state index is 11.7. The van der Waals surface area contributed by atoms with Crippen molar-refractivity contribution in [2.24, 2.45) is 0 Å². The van der Waals surface area contributed by atoms with E-state index in [0.29, 0.717) is 25.9 Å². The molecule has 0 aliphatic carbocycles. The molecule has 0 aliphatic rings. The van der Waals surface area contributed by atoms with E-state index in [-0.39, 0.29) is 5.91 Å². The maximum absolute atomic E-state index is 11.7.